The minimum Gasteiger partial charge on any atom is -0.457 e. The molecule has 2 aromatic rings. The summed E-state index contributed by atoms with van der Waals surface area (Å²) < 4.78 is 5.13. The van der Waals surface area contributed by atoms with E-state index in [2.05, 4.69) is 11.9 Å². The van der Waals surface area contributed by atoms with Crippen LogP contribution in [0.5, 0.6) is 0 Å². The molecule has 0 unspecified atom stereocenters. The summed E-state index contributed by atoms with van der Waals surface area (Å²) in [5.41, 5.74) is 2.76. The van der Waals surface area contributed by atoms with Crippen LogP contribution in [-0.4, -0.2) is 23.3 Å². The second kappa shape index (κ2) is 5.35. The van der Waals surface area contributed by atoms with Crippen LogP contribution in [0.3, 0.4) is 0 Å². The van der Waals surface area contributed by atoms with Crippen molar-refractivity contribution < 1.29 is 14.3 Å². The average Bonchev–Trinajstić information content (AvgIpc) is 3.07. The second-order valence-corrected chi connectivity index (χ2v) is 5.75. The zero-order valence-corrected chi connectivity index (χ0v) is 12.3. The highest BCUT2D eigenvalue weighted by Crippen LogP contribution is 2.38. The number of ether oxygens (including phenoxy) is 1. The Hall–Kier alpha value is -2.10. The molecule has 1 saturated carbocycles. The lowest BCUT2D eigenvalue weighted by molar-refractivity contribution is -0.144. The van der Waals surface area contributed by atoms with E-state index in [4.69, 9.17) is 4.74 Å². The van der Waals surface area contributed by atoms with Crippen LogP contribution in [-0.2, 0) is 16.0 Å². The number of aromatic nitrogens is 1. The zero-order valence-electron chi connectivity index (χ0n) is 12.3. The van der Waals surface area contributed by atoms with Crippen molar-refractivity contribution in [1.82, 2.24) is 4.98 Å². The van der Waals surface area contributed by atoms with E-state index in [1.807, 2.05) is 25.1 Å². The fourth-order valence-corrected chi connectivity index (χ4v) is 2.71. The van der Waals surface area contributed by atoms with Crippen LogP contribution >= 0.6 is 0 Å². The maximum Gasteiger partial charge on any atom is 0.309 e. The highest BCUT2D eigenvalue weighted by atomic mass is 16.5. The summed E-state index contributed by atoms with van der Waals surface area (Å²) in [5, 5.41) is 0.898. The number of benzene rings is 1. The molecule has 0 bridgehead atoms. The Morgan fingerprint density at radius 3 is 2.81 bits per heavy atom. The van der Waals surface area contributed by atoms with E-state index in [1.165, 1.54) is 5.56 Å². The molecule has 1 aromatic heterocycles. The lowest BCUT2D eigenvalue weighted by atomic mass is 10.1. The van der Waals surface area contributed by atoms with Crippen molar-refractivity contribution in [2.75, 3.05) is 6.61 Å². The molecule has 1 aliphatic carbocycles. The van der Waals surface area contributed by atoms with E-state index in [1.54, 1.807) is 6.20 Å². The van der Waals surface area contributed by atoms with E-state index in [0.717, 1.165) is 23.7 Å². The molecule has 0 amide bonds. The SMILES string of the molecule is CCc1cccc2c(C(=O)COC(=O)[C@@H]3C[C@@H]3C)c[nH]c12. The maximum absolute atomic E-state index is 12.3. The number of H-pyrrole nitrogens is 1. The van der Waals surface area contributed by atoms with Crippen molar-refractivity contribution in [3.8, 4) is 0 Å². The average molecular weight is 285 g/mol. The van der Waals surface area contributed by atoms with Gasteiger partial charge in [0.15, 0.2) is 6.61 Å². The maximum atomic E-state index is 12.3. The quantitative estimate of drug-likeness (QED) is 0.678. The number of hydrogen-bond acceptors (Lipinski definition) is 3. The Balaban J connectivity index is 1.74. The molecule has 1 heterocycles. The molecule has 1 N–H and O–H groups in total. The third-order valence-electron chi connectivity index (χ3n) is 4.24. The van der Waals surface area contributed by atoms with Gasteiger partial charge in [0.25, 0.3) is 0 Å². The lowest BCUT2D eigenvalue weighted by Gasteiger charge is -2.03. The van der Waals surface area contributed by atoms with Crippen molar-refractivity contribution >= 4 is 22.7 Å². The number of fused-ring (bicyclic) bond motifs is 1. The summed E-state index contributed by atoms with van der Waals surface area (Å²) in [5.74, 6) is -0.0126. The van der Waals surface area contributed by atoms with E-state index >= 15 is 0 Å². The molecule has 0 saturated heterocycles. The number of carbonyl (C=O) groups excluding carboxylic acids is 2. The number of carbonyl (C=O) groups is 2. The molecular formula is C17H19NO3. The van der Waals surface area contributed by atoms with Crippen molar-refractivity contribution in [2.45, 2.75) is 26.7 Å². The summed E-state index contributed by atoms with van der Waals surface area (Å²) >= 11 is 0. The number of nitrogens with one attached hydrogen (secondary N) is 1. The lowest BCUT2D eigenvalue weighted by Crippen LogP contribution is -2.15. The number of aromatic amines is 1. The molecule has 0 spiro atoms. The predicted molar refractivity (Wildman–Crippen MR) is 80.2 cm³/mol. The van der Waals surface area contributed by atoms with Crippen LogP contribution in [0, 0.1) is 11.8 Å². The van der Waals surface area contributed by atoms with Crippen LogP contribution in [0.15, 0.2) is 24.4 Å². The standard InChI is InChI=1S/C17H19NO3/c1-3-11-5-4-6-12-14(8-18-16(11)12)15(19)9-21-17(20)13-7-10(13)2/h4-6,8,10,13,18H,3,7,9H2,1-2H3/t10-,13+/m0/s1. The fraction of sp³-hybridized carbons (Fsp3) is 0.412. The van der Waals surface area contributed by atoms with E-state index < -0.39 is 0 Å². The van der Waals surface area contributed by atoms with E-state index in [9.17, 15) is 9.59 Å². The Labute approximate surface area is 123 Å². The van der Waals surface area contributed by atoms with Gasteiger partial charge in [0, 0.05) is 22.7 Å². The van der Waals surface area contributed by atoms with E-state index in [0.29, 0.717) is 11.5 Å². The number of Topliss-reactive ketones (excluding diaryl/α,β-unsaturated/α-hetero) is 1. The van der Waals surface area contributed by atoms with Gasteiger partial charge >= 0.3 is 5.97 Å². The van der Waals surface area contributed by atoms with Crippen LogP contribution in [0.2, 0.25) is 0 Å². The largest absolute Gasteiger partial charge is 0.457 e. The topological polar surface area (TPSA) is 59.2 Å². The van der Waals surface area contributed by atoms with Gasteiger partial charge < -0.3 is 9.72 Å². The smallest absolute Gasteiger partial charge is 0.309 e. The Morgan fingerprint density at radius 1 is 1.38 bits per heavy atom. The molecule has 0 radical (unpaired) electrons. The third-order valence-corrected chi connectivity index (χ3v) is 4.24. The Morgan fingerprint density at radius 2 is 2.14 bits per heavy atom. The molecule has 110 valence electrons. The molecular weight excluding hydrogens is 266 g/mol. The van der Waals surface area contributed by atoms with Crippen molar-refractivity contribution in [2.24, 2.45) is 11.8 Å². The second-order valence-electron chi connectivity index (χ2n) is 5.75. The molecule has 0 aliphatic heterocycles. The molecule has 1 aliphatic rings. The number of ketones is 1. The first-order valence-electron chi connectivity index (χ1n) is 7.40. The van der Waals surface area contributed by atoms with Gasteiger partial charge in [-0.1, -0.05) is 32.0 Å². The van der Waals surface area contributed by atoms with Gasteiger partial charge in [0.1, 0.15) is 0 Å². The molecule has 1 fully saturated rings. The molecule has 2 atom stereocenters. The summed E-state index contributed by atoms with van der Waals surface area (Å²) in [4.78, 5) is 27.1. The predicted octanol–water partition coefficient (Wildman–Crippen LogP) is 3.11. The van der Waals surface area contributed by atoms with Crippen LogP contribution in [0.1, 0.15) is 36.2 Å². The van der Waals surface area contributed by atoms with Gasteiger partial charge in [-0.3, -0.25) is 9.59 Å². The normalized spacial score (nSPS) is 20.5. The monoisotopic (exact) mass is 285 g/mol. The Kier molecular flexibility index (Phi) is 3.53. The number of esters is 1. The minimum absolute atomic E-state index is 0.00698. The number of aryl methyl sites for hydroxylation is 1. The summed E-state index contributed by atoms with van der Waals surface area (Å²) in [6.45, 7) is 3.92. The highest BCUT2D eigenvalue weighted by Gasteiger charge is 2.40. The van der Waals surface area contributed by atoms with Gasteiger partial charge in [0.05, 0.1) is 5.92 Å². The minimum atomic E-state index is -0.245. The van der Waals surface area contributed by atoms with Crippen LogP contribution in [0.4, 0.5) is 0 Å². The molecule has 1 aromatic carbocycles. The van der Waals surface area contributed by atoms with Crippen molar-refractivity contribution in [1.29, 1.82) is 0 Å². The first-order valence-corrected chi connectivity index (χ1v) is 7.40. The van der Waals surface area contributed by atoms with Crippen LogP contribution in [0.25, 0.3) is 10.9 Å². The van der Waals surface area contributed by atoms with E-state index in [-0.39, 0.29) is 24.3 Å². The molecule has 21 heavy (non-hydrogen) atoms. The number of rotatable bonds is 5. The summed E-state index contributed by atoms with van der Waals surface area (Å²) in [6, 6.07) is 5.91. The fourth-order valence-electron chi connectivity index (χ4n) is 2.71. The van der Waals surface area contributed by atoms with Gasteiger partial charge in [-0.15, -0.1) is 0 Å². The van der Waals surface area contributed by atoms with Crippen molar-refractivity contribution in [3.63, 3.8) is 0 Å². The zero-order chi connectivity index (χ0) is 15.0. The molecule has 4 nitrogen and oxygen atoms in total. The summed E-state index contributed by atoms with van der Waals surface area (Å²) in [6.07, 6.45) is 3.49. The highest BCUT2D eigenvalue weighted by molar-refractivity contribution is 6.09. The third kappa shape index (κ3) is 2.58. The molecule has 4 heteroatoms. The summed E-state index contributed by atoms with van der Waals surface area (Å²) in [7, 11) is 0. The van der Waals surface area contributed by atoms with Gasteiger partial charge in [-0.05, 0) is 24.3 Å². The Bertz CT molecular complexity index is 701. The molecule has 3 rings (SSSR count). The van der Waals surface area contributed by atoms with Crippen molar-refractivity contribution in [3.05, 3.63) is 35.5 Å². The van der Waals surface area contributed by atoms with Gasteiger partial charge in [-0.2, -0.15) is 0 Å². The first kappa shape index (κ1) is 13.9. The van der Waals surface area contributed by atoms with Gasteiger partial charge in [-0.25, -0.2) is 0 Å². The number of para-hydroxylation sites is 1. The van der Waals surface area contributed by atoms with Crippen LogP contribution < -0.4 is 0 Å². The number of hydrogen-bond donors (Lipinski definition) is 1. The first-order chi connectivity index (χ1) is 10.1. The van der Waals surface area contributed by atoms with Gasteiger partial charge in [0.2, 0.25) is 5.78 Å².